The van der Waals surface area contributed by atoms with Gasteiger partial charge in [0, 0.05) is 20.3 Å². The summed E-state index contributed by atoms with van der Waals surface area (Å²) < 4.78 is 3.01. The zero-order valence-corrected chi connectivity index (χ0v) is 13.0. The van der Waals surface area contributed by atoms with Gasteiger partial charge in [0.25, 0.3) is 0 Å². The van der Waals surface area contributed by atoms with E-state index in [1.807, 2.05) is 53.9 Å². The summed E-state index contributed by atoms with van der Waals surface area (Å²) in [4.78, 5) is 7.72. The molecule has 3 aromatic heterocycles. The topological polar surface area (TPSA) is 46.6 Å². The van der Waals surface area contributed by atoms with Crippen LogP contribution in [0.4, 0.5) is 11.5 Å². The number of hydrogen-bond donors (Lipinski definition) is 1. The van der Waals surface area contributed by atoms with E-state index >= 15 is 0 Å². The molecular formula is C13H13BrN4S. The molecule has 19 heavy (non-hydrogen) atoms. The Kier molecular flexibility index (Phi) is 2.99. The molecule has 6 heteroatoms. The summed E-state index contributed by atoms with van der Waals surface area (Å²) in [7, 11) is 4.01. The van der Waals surface area contributed by atoms with Gasteiger partial charge < -0.3 is 10.6 Å². The van der Waals surface area contributed by atoms with Crippen LogP contribution in [0.5, 0.6) is 0 Å². The van der Waals surface area contributed by atoms with Crippen molar-refractivity contribution in [2.75, 3.05) is 24.7 Å². The molecule has 0 unspecified atom stereocenters. The first-order valence-corrected chi connectivity index (χ1v) is 7.38. The number of anilines is 2. The van der Waals surface area contributed by atoms with E-state index in [9.17, 15) is 0 Å². The van der Waals surface area contributed by atoms with Gasteiger partial charge in [0.2, 0.25) is 0 Å². The van der Waals surface area contributed by atoms with Gasteiger partial charge in [-0.1, -0.05) is 0 Å². The summed E-state index contributed by atoms with van der Waals surface area (Å²) in [6.45, 7) is 0. The van der Waals surface area contributed by atoms with Gasteiger partial charge in [-0.25, -0.2) is 4.98 Å². The van der Waals surface area contributed by atoms with Crippen LogP contribution in [0.1, 0.15) is 0 Å². The molecule has 0 spiro atoms. The highest BCUT2D eigenvalue weighted by Crippen LogP contribution is 2.34. The van der Waals surface area contributed by atoms with E-state index in [-0.39, 0.29) is 0 Å². The fourth-order valence-corrected chi connectivity index (χ4v) is 3.32. The average Bonchev–Trinajstić information content (AvgIpc) is 2.93. The van der Waals surface area contributed by atoms with Crippen LogP contribution in [0.15, 0.2) is 34.2 Å². The number of thiophene rings is 1. The summed E-state index contributed by atoms with van der Waals surface area (Å²) in [6, 6.07) is 8.06. The highest BCUT2D eigenvalue weighted by atomic mass is 79.9. The van der Waals surface area contributed by atoms with Crippen LogP contribution < -0.4 is 10.6 Å². The Morgan fingerprint density at radius 2 is 2.05 bits per heavy atom. The standard InChI is InChI=1S/C13H13BrN4S/c1-17(2)8-3-6-11-16-12(13(15)18(11)7-8)9-4-5-10(14)19-9/h3-7H,15H2,1-2H3. The monoisotopic (exact) mass is 336 g/mol. The molecule has 0 aromatic carbocycles. The van der Waals surface area contributed by atoms with E-state index in [0.29, 0.717) is 5.82 Å². The number of nitrogen functional groups attached to an aromatic ring is 1. The van der Waals surface area contributed by atoms with Crippen molar-refractivity contribution < 1.29 is 0 Å². The molecule has 0 fully saturated rings. The molecule has 0 atom stereocenters. The fraction of sp³-hybridized carbons (Fsp3) is 0.154. The molecule has 98 valence electrons. The van der Waals surface area contributed by atoms with Gasteiger partial charge in [-0.05, 0) is 40.2 Å². The first kappa shape index (κ1) is 12.5. The molecular weight excluding hydrogens is 324 g/mol. The van der Waals surface area contributed by atoms with E-state index in [4.69, 9.17) is 5.73 Å². The summed E-state index contributed by atoms with van der Waals surface area (Å²) in [5, 5.41) is 0. The highest BCUT2D eigenvalue weighted by Gasteiger charge is 2.13. The number of rotatable bonds is 2. The Balaban J connectivity index is 2.20. The predicted octanol–water partition coefficient (Wildman–Crippen LogP) is 3.47. The smallest absolute Gasteiger partial charge is 0.139 e. The first-order chi connectivity index (χ1) is 9.06. The lowest BCUT2D eigenvalue weighted by molar-refractivity contribution is 1.09. The molecule has 0 aliphatic heterocycles. The van der Waals surface area contributed by atoms with E-state index < -0.39 is 0 Å². The molecule has 0 saturated carbocycles. The number of aromatic nitrogens is 2. The quantitative estimate of drug-likeness (QED) is 0.779. The minimum atomic E-state index is 0.674. The van der Waals surface area contributed by atoms with Gasteiger partial charge in [-0.3, -0.25) is 4.40 Å². The number of nitrogens with two attached hydrogens (primary N) is 1. The maximum atomic E-state index is 6.22. The van der Waals surface area contributed by atoms with Crippen LogP contribution in [0.25, 0.3) is 16.2 Å². The summed E-state index contributed by atoms with van der Waals surface area (Å²) >= 11 is 5.10. The lowest BCUT2D eigenvalue weighted by Gasteiger charge is -2.12. The van der Waals surface area contributed by atoms with E-state index in [0.717, 1.165) is 25.7 Å². The van der Waals surface area contributed by atoms with Crippen molar-refractivity contribution in [3.8, 4) is 10.6 Å². The number of halogens is 1. The van der Waals surface area contributed by atoms with E-state index in [2.05, 4.69) is 20.9 Å². The van der Waals surface area contributed by atoms with Crippen LogP contribution >= 0.6 is 27.3 Å². The summed E-state index contributed by atoms with van der Waals surface area (Å²) in [5.41, 5.74) is 9.02. The predicted molar refractivity (Wildman–Crippen MR) is 84.9 cm³/mol. The number of pyridine rings is 1. The lowest BCUT2D eigenvalue weighted by atomic mass is 10.3. The molecule has 0 aliphatic rings. The van der Waals surface area contributed by atoms with Crippen LogP contribution in [0, 0.1) is 0 Å². The van der Waals surface area contributed by atoms with Gasteiger partial charge in [-0.15, -0.1) is 11.3 Å². The van der Waals surface area contributed by atoms with Crippen molar-refractivity contribution in [2.45, 2.75) is 0 Å². The van der Waals surface area contributed by atoms with Crippen molar-refractivity contribution in [1.29, 1.82) is 0 Å². The van der Waals surface area contributed by atoms with Crippen molar-refractivity contribution in [2.24, 2.45) is 0 Å². The van der Waals surface area contributed by atoms with Crippen molar-refractivity contribution in [3.63, 3.8) is 0 Å². The zero-order valence-electron chi connectivity index (χ0n) is 10.6. The SMILES string of the molecule is CN(C)c1ccc2nc(-c3ccc(Br)s3)c(N)n2c1. The Bertz CT molecular complexity index is 744. The third kappa shape index (κ3) is 2.11. The third-order valence-corrected chi connectivity index (χ3v) is 4.59. The highest BCUT2D eigenvalue weighted by molar-refractivity contribution is 9.11. The Morgan fingerprint density at radius 1 is 1.26 bits per heavy atom. The van der Waals surface area contributed by atoms with Gasteiger partial charge in [0.1, 0.15) is 17.2 Å². The number of nitrogens with zero attached hydrogens (tertiary/aromatic N) is 3. The second-order valence-electron chi connectivity index (χ2n) is 4.46. The van der Waals surface area contributed by atoms with Gasteiger partial charge in [0.15, 0.2) is 0 Å². The Hall–Kier alpha value is -1.53. The molecule has 0 amide bonds. The van der Waals surface area contributed by atoms with Crippen molar-refractivity contribution in [1.82, 2.24) is 9.38 Å². The number of fused-ring (bicyclic) bond motifs is 1. The Morgan fingerprint density at radius 3 is 2.68 bits per heavy atom. The van der Waals surface area contributed by atoms with Crippen LogP contribution in [0.2, 0.25) is 0 Å². The van der Waals surface area contributed by atoms with Gasteiger partial charge in [0.05, 0.1) is 14.4 Å². The van der Waals surface area contributed by atoms with Gasteiger partial charge in [-0.2, -0.15) is 0 Å². The van der Waals surface area contributed by atoms with Crippen LogP contribution in [-0.4, -0.2) is 23.5 Å². The molecule has 2 N–H and O–H groups in total. The van der Waals surface area contributed by atoms with Gasteiger partial charge >= 0.3 is 0 Å². The third-order valence-electron chi connectivity index (χ3n) is 2.96. The average molecular weight is 337 g/mol. The molecule has 3 rings (SSSR count). The minimum Gasteiger partial charge on any atom is -0.383 e. The molecule has 3 heterocycles. The first-order valence-electron chi connectivity index (χ1n) is 5.77. The van der Waals surface area contributed by atoms with Crippen molar-refractivity contribution >= 4 is 44.4 Å². The zero-order chi connectivity index (χ0) is 13.6. The number of imidazole rings is 1. The fourth-order valence-electron chi connectivity index (χ4n) is 1.94. The van der Waals surface area contributed by atoms with E-state index in [1.165, 1.54) is 0 Å². The maximum Gasteiger partial charge on any atom is 0.139 e. The minimum absolute atomic E-state index is 0.674. The molecule has 0 saturated heterocycles. The summed E-state index contributed by atoms with van der Waals surface area (Å²) in [5.74, 6) is 0.674. The summed E-state index contributed by atoms with van der Waals surface area (Å²) in [6.07, 6.45) is 2.00. The number of hydrogen-bond acceptors (Lipinski definition) is 4. The molecule has 3 aromatic rings. The van der Waals surface area contributed by atoms with Crippen molar-refractivity contribution in [3.05, 3.63) is 34.2 Å². The molecule has 0 aliphatic carbocycles. The lowest BCUT2D eigenvalue weighted by Crippen LogP contribution is -2.09. The van der Waals surface area contributed by atoms with Crippen LogP contribution in [-0.2, 0) is 0 Å². The second-order valence-corrected chi connectivity index (χ2v) is 6.92. The Labute approximate surface area is 123 Å². The normalized spacial score (nSPS) is 11.1. The molecule has 0 bridgehead atoms. The largest absolute Gasteiger partial charge is 0.383 e. The molecule has 4 nitrogen and oxygen atoms in total. The maximum absolute atomic E-state index is 6.22. The second kappa shape index (κ2) is 4.54. The van der Waals surface area contributed by atoms with E-state index in [1.54, 1.807) is 11.3 Å². The molecule has 0 radical (unpaired) electrons. The van der Waals surface area contributed by atoms with Crippen LogP contribution in [0.3, 0.4) is 0 Å².